The van der Waals surface area contributed by atoms with Gasteiger partial charge in [0.25, 0.3) is 0 Å². The molecule has 3 N–H and O–H groups in total. The van der Waals surface area contributed by atoms with Gasteiger partial charge < -0.3 is 15.8 Å². The number of nitrogens with one attached hydrogen (secondary N) is 1. The quantitative estimate of drug-likeness (QED) is 0.594. The highest BCUT2D eigenvalue weighted by molar-refractivity contribution is 7.80. The first-order valence-electron chi connectivity index (χ1n) is 7.42. The Labute approximate surface area is 126 Å². The number of methoxy groups -OCH3 is 1. The molecule has 1 aromatic carbocycles. The summed E-state index contributed by atoms with van der Waals surface area (Å²) < 4.78 is 5.25. The molecule has 2 rings (SSSR count). The fraction of sp³-hybridized carbons (Fsp3) is 0.562. The van der Waals surface area contributed by atoms with E-state index in [9.17, 15) is 0 Å². The fourth-order valence-corrected chi connectivity index (χ4v) is 3.10. The number of ether oxygens (including phenoxy) is 1. The van der Waals surface area contributed by atoms with Gasteiger partial charge in [-0.2, -0.15) is 0 Å². The van der Waals surface area contributed by atoms with Gasteiger partial charge in [-0.3, -0.25) is 0 Å². The summed E-state index contributed by atoms with van der Waals surface area (Å²) in [4.78, 5) is 0.422. The van der Waals surface area contributed by atoms with Gasteiger partial charge in [0.05, 0.1) is 7.11 Å². The maximum Gasteiger partial charge on any atom is 0.120 e. The molecule has 0 saturated heterocycles. The number of anilines is 1. The van der Waals surface area contributed by atoms with Crippen molar-refractivity contribution in [2.24, 2.45) is 11.7 Å². The van der Waals surface area contributed by atoms with E-state index < -0.39 is 0 Å². The van der Waals surface area contributed by atoms with Crippen LogP contribution in [0.1, 0.15) is 44.1 Å². The van der Waals surface area contributed by atoms with Gasteiger partial charge in [0.2, 0.25) is 0 Å². The van der Waals surface area contributed by atoms with Crippen LogP contribution in [0.4, 0.5) is 5.69 Å². The SMILES string of the molecule is COc1ccc(C(N)=S)c(NCCCC2CCCC2)c1. The van der Waals surface area contributed by atoms with E-state index in [2.05, 4.69) is 5.32 Å². The van der Waals surface area contributed by atoms with E-state index in [0.717, 1.165) is 29.5 Å². The predicted octanol–water partition coefficient (Wildman–Crippen LogP) is 3.71. The molecule has 0 aromatic heterocycles. The van der Waals surface area contributed by atoms with E-state index >= 15 is 0 Å². The Morgan fingerprint density at radius 1 is 1.40 bits per heavy atom. The van der Waals surface area contributed by atoms with Crippen molar-refractivity contribution in [2.75, 3.05) is 19.0 Å². The number of hydrogen-bond acceptors (Lipinski definition) is 3. The third kappa shape index (κ3) is 4.10. The second kappa shape index (κ2) is 7.48. The molecule has 1 aliphatic rings. The first-order chi connectivity index (χ1) is 9.70. The second-order valence-corrected chi connectivity index (χ2v) is 5.94. The molecule has 0 bridgehead atoms. The summed E-state index contributed by atoms with van der Waals surface area (Å²) in [7, 11) is 1.67. The van der Waals surface area contributed by atoms with Gasteiger partial charge in [-0.15, -0.1) is 0 Å². The highest BCUT2D eigenvalue weighted by Gasteiger charge is 2.14. The molecule has 0 spiro atoms. The lowest BCUT2D eigenvalue weighted by molar-refractivity contribution is 0.415. The number of rotatable bonds is 7. The average Bonchev–Trinajstić information content (AvgIpc) is 2.96. The lowest BCUT2D eigenvalue weighted by atomic mass is 10.0. The molecule has 4 heteroatoms. The van der Waals surface area contributed by atoms with Gasteiger partial charge in [-0.05, 0) is 30.9 Å². The maximum absolute atomic E-state index is 5.76. The third-order valence-corrected chi connectivity index (χ3v) is 4.29. The first-order valence-corrected chi connectivity index (χ1v) is 7.83. The molecule has 0 amide bonds. The molecule has 0 radical (unpaired) electrons. The van der Waals surface area contributed by atoms with Crippen molar-refractivity contribution in [1.29, 1.82) is 0 Å². The van der Waals surface area contributed by atoms with Gasteiger partial charge in [0, 0.05) is 23.9 Å². The highest BCUT2D eigenvalue weighted by Crippen LogP contribution is 2.28. The van der Waals surface area contributed by atoms with Crippen LogP contribution in [0.2, 0.25) is 0 Å². The van der Waals surface area contributed by atoms with Crippen molar-refractivity contribution in [3.63, 3.8) is 0 Å². The Kier molecular flexibility index (Phi) is 5.65. The normalized spacial score (nSPS) is 15.2. The van der Waals surface area contributed by atoms with Crippen LogP contribution in [-0.2, 0) is 0 Å². The van der Waals surface area contributed by atoms with Crippen molar-refractivity contribution in [2.45, 2.75) is 38.5 Å². The Balaban J connectivity index is 1.88. The van der Waals surface area contributed by atoms with Gasteiger partial charge in [0.1, 0.15) is 10.7 Å². The van der Waals surface area contributed by atoms with E-state index in [-0.39, 0.29) is 0 Å². The summed E-state index contributed by atoms with van der Waals surface area (Å²) >= 11 is 5.09. The molecule has 20 heavy (non-hydrogen) atoms. The predicted molar refractivity (Wildman–Crippen MR) is 88.6 cm³/mol. The number of thiocarbonyl (C=S) groups is 1. The molecular formula is C16H24N2OS. The molecule has 0 heterocycles. The largest absolute Gasteiger partial charge is 0.497 e. The topological polar surface area (TPSA) is 47.3 Å². The molecular weight excluding hydrogens is 268 g/mol. The van der Waals surface area contributed by atoms with E-state index in [1.54, 1.807) is 7.11 Å². The Hall–Kier alpha value is -1.29. The maximum atomic E-state index is 5.76. The Morgan fingerprint density at radius 2 is 2.15 bits per heavy atom. The zero-order valence-corrected chi connectivity index (χ0v) is 13.0. The summed E-state index contributed by atoms with van der Waals surface area (Å²) in [6, 6.07) is 5.77. The van der Waals surface area contributed by atoms with Crippen LogP contribution in [-0.4, -0.2) is 18.6 Å². The van der Waals surface area contributed by atoms with Crippen LogP contribution in [0.15, 0.2) is 18.2 Å². The molecule has 0 unspecified atom stereocenters. The smallest absolute Gasteiger partial charge is 0.120 e. The van der Waals surface area contributed by atoms with Crippen LogP contribution in [0.5, 0.6) is 5.75 Å². The highest BCUT2D eigenvalue weighted by atomic mass is 32.1. The Morgan fingerprint density at radius 3 is 2.80 bits per heavy atom. The first kappa shape index (κ1) is 15.1. The number of nitrogens with two attached hydrogens (primary N) is 1. The number of benzene rings is 1. The lowest BCUT2D eigenvalue weighted by Crippen LogP contribution is -2.14. The standard InChI is InChI=1S/C16H24N2OS/c1-19-13-8-9-14(16(17)20)15(11-13)18-10-4-7-12-5-2-3-6-12/h8-9,11-12,18H,2-7,10H2,1H3,(H2,17,20). The zero-order valence-electron chi connectivity index (χ0n) is 12.2. The number of hydrogen-bond donors (Lipinski definition) is 2. The van der Waals surface area contributed by atoms with Crippen molar-refractivity contribution in [3.05, 3.63) is 23.8 Å². The van der Waals surface area contributed by atoms with Crippen LogP contribution in [0.3, 0.4) is 0 Å². The van der Waals surface area contributed by atoms with Crippen molar-refractivity contribution in [3.8, 4) is 5.75 Å². The molecule has 1 fully saturated rings. The molecule has 0 atom stereocenters. The molecule has 110 valence electrons. The van der Waals surface area contributed by atoms with Gasteiger partial charge in [-0.25, -0.2) is 0 Å². The minimum atomic E-state index is 0.422. The third-order valence-electron chi connectivity index (χ3n) is 4.07. The second-order valence-electron chi connectivity index (χ2n) is 5.50. The van der Waals surface area contributed by atoms with Crippen molar-refractivity contribution in [1.82, 2.24) is 0 Å². The van der Waals surface area contributed by atoms with Gasteiger partial charge in [-0.1, -0.05) is 37.9 Å². The molecule has 1 saturated carbocycles. The molecule has 1 aliphatic carbocycles. The van der Waals surface area contributed by atoms with Crippen LogP contribution < -0.4 is 15.8 Å². The van der Waals surface area contributed by atoms with Crippen LogP contribution in [0.25, 0.3) is 0 Å². The summed E-state index contributed by atoms with van der Waals surface area (Å²) in [6.07, 6.45) is 8.17. The summed E-state index contributed by atoms with van der Waals surface area (Å²) in [5.41, 5.74) is 7.63. The van der Waals surface area contributed by atoms with E-state index in [4.69, 9.17) is 22.7 Å². The monoisotopic (exact) mass is 292 g/mol. The van der Waals surface area contributed by atoms with Crippen LogP contribution in [0, 0.1) is 5.92 Å². The van der Waals surface area contributed by atoms with E-state index in [1.807, 2.05) is 18.2 Å². The molecule has 1 aromatic rings. The fourth-order valence-electron chi connectivity index (χ4n) is 2.92. The summed E-state index contributed by atoms with van der Waals surface area (Å²) in [5, 5.41) is 3.45. The van der Waals surface area contributed by atoms with Crippen molar-refractivity contribution >= 4 is 22.9 Å². The molecule has 0 aliphatic heterocycles. The van der Waals surface area contributed by atoms with Gasteiger partial charge >= 0.3 is 0 Å². The minimum Gasteiger partial charge on any atom is -0.497 e. The van der Waals surface area contributed by atoms with Crippen LogP contribution >= 0.6 is 12.2 Å². The summed E-state index contributed by atoms with van der Waals surface area (Å²) in [6.45, 7) is 0.958. The zero-order chi connectivity index (χ0) is 14.4. The van der Waals surface area contributed by atoms with Crippen molar-refractivity contribution < 1.29 is 4.74 Å². The lowest BCUT2D eigenvalue weighted by Gasteiger charge is -2.14. The van der Waals surface area contributed by atoms with E-state index in [0.29, 0.717) is 4.99 Å². The minimum absolute atomic E-state index is 0.422. The summed E-state index contributed by atoms with van der Waals surface area (Å²) in [5.74, 6) is 1.76. The van der Waals surface area contributed by atoms with E-state index in [1.165, 1.54) is 38.5 Å². The Bertz CT molecular complexity index is 456. The van der Waals surface area contributed by atoms with Gasteiger partial charge in [0.15, 0.2) is 0 Å². The molecule has 3 nitrogen and oxygen atoms in total. The average molecular weight is 292 g/mol.